The molecule has 1 aromatic rings. The van der Waals surface area contributed by atoms with Crippen LogP contribution in [0.1, 0.15) is 49.1 Å². The lowest BCUT2D eigenvalue weighted by atomic mass is 9.74. The quantitative estimate of drug-likeness (QED) is 0.861. The lowest BCUT2D eigenvalue weighted by Gasteiger charge is -2.31. The van der Waals surface area contributed by atoms with Crippen molar-refractivity contribution in [2.24, 2.45) is 5.92 Å². The van der Waals surface area contributed by atoms with Crippen molar-refractivity contribution < 1.29 is 9.90 Å². The van der Waals surface area contributed by atoms with Gasteiger partial charge in [-0.2, -0.15) is 0 Å². The summed E-state index contributed by atoms with van der Waals surface area (Å²) in [6.45, 7) is 2.10. The molecule has 0 saturated heterocycles. The first-order chi connectivity index (χ1) is 8.16. The third-order valence-corrected chi connectivity index (χ3v) is 3.82. The van der Waals surface area contributed by atoms with E-state index in [-0.39, 0.29) is 0 Å². The van der Waals surface area contributed by atoms with Crippen molar-refractivity contribution in [1.82, 2.24) is 0 Å². The Balaban J connectivity index is 2.18. The van der Waals surface area contributed by atoms with Crippen molar-refractivity contribution in [3.8, 4) is 0 Å². The van der Waals surface area contributed by atoms with E-state index in [0.717, 1.165) is 12.8 Å². The van der Waals surface area contributed by atoms with Crippen molar-refractivity contribution >= 4 is 5.97 Å². The van der Waals surface area contributed by atoms with E-state index in [9.17, 15) is 4.79 Å². The van der Waals surface area contributed by atoms with Crippen LogP contribution in [0.5, 0.6) is 0 Å². The summed E-state index contributed by atoms with van der Waals surface area (Å²) in [7, 11) is 0. The molecule has 0 heterocycles. The standard InChI is InChI=1S/C15H20O2/c1-11-5-4-7-12(9-11)14-8-3-2-6-13(14)10-15(16)17/h4-5,7,9,13-14H,2-3,6,8,10H2,1H3,(H,16,17)/t13-,14-/m0/s1. The summed E-state index contributed by atoms with van der Waals surface area (Å²) in [5.41, 5.74) is 2.60. The zero-order chi connectivity index (χ0) is 12.3. The molecule has 2 nitrogen and oxygen atoms in total. The minimum absolute atomic E-state index is 0.318. The Kier molecular flexibility index (Phi) is 3.82. The summed E-state index contributed by atoms with van der Waals surface area (Å²) in [6.07, 6.45) is 4.93. The summed E-state index contributed by atoms with van der Waals surface area (Å²) in [5, 5.41) is 8.99. The molecular formula is C15H20O2. The molecule has 1 aliphatic rings. The van der Waals surface area contributed by atoms with Crippen LogP contribution < -0.4 is 0 Å². The molecule has 2 atom stereocenters. The van der Waals surface area contributed by atoms with Gasteiger partial charge in [0, 0.05) is 6.42 Å². The van der Waals surface area contributed by atoms with Crippen molar-refractivity contribution in [2.45, 2.75) is 44.9 Å². The predicted octanol–water partition coefficient (Wildman–Crippen LogP) is 3.74. The molecule has 1 saturated carbocycles. The molecular weight excluding hydrogens is 212 g/mol. The van der Waals surface area contributed by atoms with Gasteiger partial charge in [0.1, 0.15) is 0 Å². The third-order valence-electron chi connectivity index (χ3n) is 3.82. The molecule has 1 aromatic carbocycles. The van der Waals surface area contributed by atoms with Gasteiger partial charge in [0.05, 0.1) is 0 Å². The SMILES string of the molecule is Cc1cccc([C@@H]2CCCC[C@H]2CC(=O)O)c1. The van der Waals surface area contributed by atoms with Gasteiger partial charge in [0.25, 0.3) is 0 Å². The van der Waals surface area contributed by atoms with E-state index >= 15 is 0 Å². The second kappa shape index (κ2) is 5.35. The zero-order valence-electron chi connectivity index (χ0n) is 10.4. The number of benzene rings is 1. The molecule has 0 radical (unpaired) electrons. The first kappa shape index (κ1) is 12.2. The highest BCUT2D eigenvalue weighted by Crippen LogP contribution is 2.39. The van der Waals surface area contributed by atoms with Crippen molar-refractivity contribution in [2.75, 3.05) is 0 Å². The predicted molar refractivity (Wildman–Crippen MR) is 68.1 cm³/mol. The second-order valence-corrected chi connectivity index (χ2v) is 5.16. The summed E-state index contributed by atoms with van der Waals surface area (Å²) >= 11 is 0. The van der Waals surface area contributed by atoms with Crippen molar-refractivity contribution in [1.29, 1.82) is 0 Å². The maximum atomic E-state index is 10.9. The van der Waals surface area contributed by atoms with Gasteiger partial charge in [-0.1, -0.05) is 42.7 Å². The van der Waals surface area contributed by atoms with Gasteiger partial charge in [-0.05, 0) is 37.2 Å². The van der Waals surface area contributed by atoms with Crippen LogP contribution in [0.25, 0.3) is 0 Å². The Morgan fingerprint density at radius 2 is 2.12 bits per heavy atom. The van der Waals surface area contributed by atoms with Gasteiger partial charge in [-0.25, -0.2) is 0 Å². The summed E-state index contributed by atoms with van der Waals surface area (Å²) in [6, 6.07) is 8.54. The van der Waals surface area contributed by atoms with E-state index in [1.165, 1.54) is 24.0 Å². The lowest BCUT2D eigenvalue weighted by molar-refractivity contribution is -0.138. The molecule has 2 rings (SSSR count). The number of rotatable bonds is 3. The molecule has 1 aliphatic carbocycles. The number of hydrogen-bond donors (Lipinski definition) is 1. The normalized spacial score (nSPS) is 24.5. The fourth-order valence-corrected chi connectivity index (χ4v) is 3.02. The number of aryl methyl sites for hydroxylation is 1. The maximum absolute atomic E-state index is 10.9. The van der Waals surface area contributed by atoms with Crippen LogP contribution in [0.15, 0.2) is 24.3 Å². The minimum atomic E-state index is -0.658. The highest BCUT2D eigenvalue weighted by Gasteiger charge is 2.28. The van der Waals surface area contributed by atoms with E-state index in [1.54, 1.807) is 0 Å². The molecule has 1 fully saturated rings. The Bertz CT molecular complexity index is 398. The van der Waals surface area contributed by atoms with E-state index in [2.05, 4.69) is 31.2 Å². The fourth-order valence-electron chi connectivity index (χ4n) is 3.02. The van der Waals surface area contributed by atoms with E-state index in [0.29, 0.717) is 18.3 Å². The summed E-state index contributed by atoms with van der Waals surface area (Å²) in [4.78, 5) is 10.9. The largest absolute Gasteiger partial charge is 0.481 e. The molecule has 0 aromatic heterocycles. The Labute approximate surface area is 103 Å². The number of aliphatic carboxylic acids is 1. The molecule has 0 unspecified atom stereocenters. The van der Waals surface area contributed by atoms with Crippen molar-refractivity contribution in [3.63, 3.8) is 0 Å². The molecule has 0 spiro atoms. The van der Waals surface area contributed by atoms with E-state index < -0.39 is 5.97 Å². The highest BCUT2D eigenvalue weighted by molar-refractivity contribution is 5.67. The van der Waals surface area contributed by atoms with Crippen molar-refractivity contribution in [3.05, 3.63) is 35.4 Å². The third kappa shape index (κ3) is 3.09. The van der Waals surface area contributed by atoms with Crippen LogP contribution in [-0.4, -0.2) is 11.1 Å². The number of carboxylic acid groups (broad SMARTS) is 1. The number of carbonyl (C=O) groups is 1. The number of carboxylic acids is 1. The summed E-state index contributed by atoms with van der Waals surface area (Å²) in [5.74, 6) is 0.109. The van der Waals surface area contributed by atoms with Gasteiger partial charge >= 0.3 is 5.97 Å². The van der Waals surface area contributed by atoms with Crippen LogP contribution in [0.3, 0.4) is 0 Å². The monoisotopic (exact) mass is 232 g/mol. The van der Waals surface area contributed by atoms with Crippen LogP contribution in [0, 0.1) is 12.8 Å². The van der Waals surface area contributed by atoms with Gasteiger partial charge in [0.15, 0.2) is 0 Å². The molecule has 17 heavy (non-hydrogen) atoms. The summed E-state index contributed by atoms with van der Waals surface area (Å²) < 4.78 is 0. The smallest absolute Gasteiger partial charge is 0.303 e. The first-order valence-electron chi connectivity index (χ1n) is 6.45. The Morgan fingerprint density at radius 1 is 1.35 bits per heavy atom. The number of hydrogen-bond acceptors (Lipinski definition) is 1. The van der Waals surface area contributed by atoms with Crippen LogP contribution in [0.4, 0.5) is 0 Å². The molecule has 0 amide bonds. The molecule has 0 aliphatic heterocycles. The Morgan fingerprint density at radius 3 is 2.82 bits per heavy atom. The average molecular weight is 232 g/mol. The first-order valence-corrected chi connectivity index (χ1v) is 6.45. The van der Waals surface area contributed by atoms with Gasteiger partial charge < -0.3 is 5.11 Å². The topological polar surface area (TPSA) is 37.3 Å². The molecule has 1 N–H and O–H groups in total. The maximum Gasteiger partial charge on any atom is 0.303 e. The fraction of sp³-hybridized carbons (Fsp3) is 0.533. The van der Waals surface area contributed by atoms with Gasteiger partial charge in [-0.3, -0.25) is 4.79 Å². The second-order valence-electron chi connectivity index (χ2n) is 5.16. The highest BCUT2D eigenvalue weighted by atomic mass is 16.4. The van der Waals surface area contributed by atoms with E-state index in [1.807, 2.05) is 0 Å². The average Bonchev–Trinajstić information content (AvgIpc) is 2.29. The van der Waals surface area contributed by atoms with Crippen LogP contribution >= 0.6 is 0 Å². The molecule has 0 bridgehead atoms. The van der Waals surface area contributed by atoms with Gasteiger partial charge in [-0.15, -0.1) is 0 Å². The zero-order valence-corrected chi connectivity index (χ0v) is 10.4. The van der Waals surface area contributed by atoms with Crippen LogP contribution in [0.2, 0.25) is 0 Å². The Hall–Kier alpha value is -1.31. The minimum Gasteiger partial charge on any atom is -0.481 e. The van der Waals surface area contributed by atoms with E-state index in [4.69, 9.17) is 5.11 Å². The lowest BCUT2D eigenvalue weighted by Crippen LogP contribution is -2.20. The molecule has 2 heteroatoms. The molecule has 92 valence electrons. The van der Waals surface area contributed by atoms with Gasteiger partial charge in [0.2, 0.25) is 0 Å². The van der Waals surface area contributed by atoms with Crippen LogP contribution in [-0.2, 0) is 4.79 Å².